The summed E-state index contributed by atoms with van der Waals surface area (Å²) in [4.78, 5) is 25.6. The summed E-state index contributed by atoms with van der Waals surface area (Å²) >= 11 is 5.97. The van der Waals surface area contributed by atoms with E-state index in [1.807, 2.05) is 65.1 Å². The molecule has 0 saturated heterocycles. The summed E-state index contributed by atoms with van der Waals surface area (Å²) in [6, 6.07) is 20.7. The van der Waals surface area contributed by atoms with Crippen LogP contribution in [0.25, 0.3) is 0 Å². The normalized spacial score (nSPS) is 12.9. The standard InChI is InChI=1S/3C14H21.3Mg.H3O4P/c3*1-13(2,3)11-8-7-9-12(10-11)14(4,5)6;;;;1-5(2,3)4/h3*7-8,10H,1-6H3;;;;(H3,1,2,3,4)/q;;;3*+1;/p-3. The van der Waals surface area contributed by atoms with Crippen molar-refractivity contribution < 1.29 is 19.2 Å². The Hall–Kier alpha value is 0.0687. The first-order chi connectivity index (χ1) is 21.9. The van der Waals surface area contributed by atoms with Crippen molar-refractivity contribution in [3.63, 3.8) is 0 Å². The summed E-state index contributed by atoms with van der Waals surface area (Å²) in [6.07, 6.45) is 0. The smallest absolute Gasteiger partial charge is 0.159 e. The third kappa shape index (κ3) is 18.9. The van der Waals surface area contributed by atoms with E-state index in [9.17, 15) is 0 Å². The Kier molecular flexibility index (Phi) is 18.6. The Balaban J connectivity index is 0.000000674. The molecule has 0 saturated carbocycles. The molecule has 0 bridgehead atoms. The van der Waals surface area contributed by atoms with Gasteiger partial charge in [0.05, 0.1) is 0 Å². The van der Waals surface area contributed by atoms with Gasteiger partial charge in [-0.1, -0.05) is 0 Å². The summed E-state index contributed by atoms with van der Waals surface area (Å²) in [5, 5.41) is 0. The molecule has 50 heavy (non-hydrogen) atoms. The first-order valence-corrected chi connectivity index (χ1v) is 21.1. The van der Waals surface area contributed by atoms with Gasteiger partial charge in [0.25, 0.3) is 0 Å². The van der Waals surface area contributed by atoms with Gasteiger partial charge in [-0.2, -0.15) is 7.82 Å². The molecule has 0 heterocycles. The van der Waals surface area contributed by atoms with E-state index in [0.717, 1.165) is 0 Å². The topological polar surface area (TPSA) is 86.2 Å². The predicted octanol–water partition coefficient (Wildman–Crippen LogP) is 6.40. The third-order valence-electron chi connectivity index (χ3n) is 8.35. The van der Waals surface area contributed by atoms with Crippen LogP contribution in [-0.4, -0.2) is 65.1 Å². The summed E-state index contributed by atoms with van der Waals surface area (Å²) in [5.74, 6) is 0. The molecule has 266 valence electrons. The number of hydrogen-bond donors (Lipinski definition) is 0. The fraction of sp³-hybridized carbons (Fsp3) is 0.571. The number of hydrogen-bond acceptors (Lipinski definition) is 4. The van der Waals surface area contributed by atoms with Crippen molar-refractivity contribution in [3.8, 4) is 0 Å². The monoisotopic (exact) mass is 734 g/mol. The average molecular weight is 736 g/mol. The van der Waals surface area contributed by atoms with Crippen LogP contribution in [0, 0.1) is 0 Å². The van der Waals surface area contributed by atoms with Crippen molar-refractivity contribution in [2.75, 3.05) is 0 Å². The van der Waals surface area contributed by atoms with Gasteiger partial charge in [0.1, 0.15) is 0 Å². The van der Waals surface area contributed by atoms with Crippen LogP contribution < -0.4 is 25.8 Å². The zero-order valence-corrected chi connectivity index (χ0v) is 40.0. The fourth-order valence-electron chi connectivity index (χ4n) is 5.22. The zero-order valence-electron chi connectivity index (χ0n) is 34.9. The fourth-order valence-corrected chi connectivity index (χ4v) is 7.47. The Morgan fingerprint density at radius 3 is 0.660 bits per heavy atom. The summed E-state index contributed by atoms with van der Waals surface area (Å²) in [7, 11) is -5.39. The van der Waals surface area contributed by atoms with Crippen LogP contribution in [0.2, 0.25) is 0 Å². The van der Waals surface area contributed by atoms with Crippen molar-refractivity contribution >= 4 is 84.0 Å². The van der Waals surface area contributed by atoms with Gasteiger partial charge in [-0.05, 0) is 0 Å². The molecule has 0 aromatic heterocycles. The molecule has 3 aromatic rings. The molecule has 0 aliphatic carbocycles. The van der Waals surface area contributed by atoms with E-state index in [4.69, 9.17) is 19.2 Å². The van der Waals surface area contributed by atoms with E-state index in [0.29, 0.717) is 0 Å². The summed E-state index contributed by atoms with van der Waals surface area (Å²) < 4.78 is 12.8. The van der Waals surface area contributed by atoms with E-state index in [1.54, 1.807) is 0 Å². The molecular weight excluding hydrogens is 672 g/mol. The van der Waals surface area contributed by atoms with Crippen LogP contribution >= 0.6 is 7.82 Å². The van der Waals surface area contributed by atoms with Crippen LogP contribution in [0.5, 0.6) is 0 Å². The second kappa shape index (κ2) is 18.6. The Morgan fingerprint density at radius 2 is 0.540 bits per heavy atom. The van der Waals surface area contributed by atoms with Gasteiger partial charge in [0.2, 0.25) is 0 Å². The first kappa shape index (κ1) is 50.1. The van der Waals surface area contributed by atoms with Gasteiger partial charge in [0.15, 0.2) is 0 Å². The van der Waals surface area contributed by atoms with Gasteiger partial charge < -0.3 is 19.2 Å². The van der Waals surface area contributed by atoms with Gasteiger partial charge in [-0.3, -0.25) is 0 Å². The van der Waals surface area contributed by atoms with Gasteiger partial charge >= 0.3 is 321 Å². The van der Waals surface area contributed by atoms with Gasteiger partial charge in [0, 0.05) is 0 Å². The minimum atomic E-state index is -5.39. The van der Waals surface area contributed by atoms with E-state index < -0.39 is 7.82 Å². The molecule has 0 radical (unpaired) electrons. The quantitative estimate of drug-likeness (QED) is 0.198. The van der Waals surface area contributed by atoms with E-state index in [1.165, 1.54) is 44.5 Å². The van der Waals surface area contributed by atoms with E-state index in [-0.39, 0.29) is 32.5 Å². The second-order valence-corrected chi connectivity index (χ2v) is 22.7. The van der Waals surface area contributed by atoms with Gasteiger partial charge in [-0.25, -0.2) is 0 Å². The SMILES string of the molecule is CC(C)(C)c1cc[c]([Mg+])c(C(C)(C)C)c1.CC(C)(C)c1cc[c]([Mg+])c(C(C)(C)C)c1.CC(C)(C)c1cc[c]([Mg+])c(C(C)(C)C)c1.O=P([O-])([O-])[O-]. The molecule has 0 aliphatic heterocycles. The molecule has 0 unspecified atom stereocenters. The minimum absolute atomic E-state index is 0.247. The van der Waals surface area contributed by atoms with Crippen LogP contribution in [0.1, 0.15) is 158 Å². The number of benzene rings is 3. The van der Waals surface area contributed by atoms with Crippen molar-refractivity contribution in [2.24, 2.45) is 0 Å². The van der Waals surface area contributed by atoms with Gasteiger partial charge in [-0.15, -0.1) is 0 Å². The summed E-state index contributed by atoms with van der Waals surface area (Å²) in [6.45, 7) is 41.0. The third-order valence-corrected chi connectivity index (χ3v) is 10.2. The molecule has 3 aromatic carbocycles. The summed E-state index contributed by atoms with van der Waals surface area (Å²) in [5.41, 5.74) is 10.2. The predicted molar refractivity (Wildman–Crippen MR) is 215 cm³/mol. The van der Waals surface area contributed by atoms with E-state index in [2.05, 4.69) is 179 Å². The Bertz CT molecular complexity index is 1400. The Labute approximate surface area is 345 Å². The van der Waals surface area contributed by atoms with Crippen molar-refractivity contribution in [2.45, 2.75) is 157 Å². The molecule has 8 heteroatoms. The Morgan fingerprint density at radius 1 is 0.380 bits per heavy atom. The first-order valence-electron chi connectivity index (χ1n) is 17.5. The maximum absolute atomic E-state index is 8.55. The minimum Gasteiger partial charge on any atom is -0.822 e. The molecule has 0 fully saturated rings. The molecule has 4 nitrogen and oxygen atoms in total. The number of phosphoric acid groups is 1. The van der Waals surface area contributed by atoms with Crippen LogP contribution in [0.15, 0.2) is 54.6 Å². The number of rotatable bonds is 0. The average Bonchev–Trinajstić information content (AvgIpc) is 2.85. The molecule has 0 spiro atoms. The van der Waals surface area contributed by atoms with Crippen LogP contribution in [-0.2, 0) is 37.1 Å². The molecule has 0 aliphatic rings. The molecule has 0 N–H and O–H groups in total. The molecule has 0 atom stereocenters. The van der Waals surface area contributed by atoms with Crippen LogP contribution in [0.4, 0.5) is 0 Å². The van der Waals surface area contributed by atoms with Crippen molar-refractivity contribution in [1.82, 2.24) is 0 Å². The van der Waals surface area contributed by atoms with Crippen LogP contribution in [0.3, 0.4) is 0 Å². The maximum Gasteiger partial charge on any atom is -0.159 e. The second-order valence-electron chi connectivity index (χ2n) is 19.6. The maximum atomic E-state index is 8.55. The molecular formula is C42H63Mg3O4P. The zero-order chi connectivity index (χ0) is 40.1. The largest absolute Gasteiger partial charge is 0.822 e. The van der Waals surface area contributed by atoms with Crippen molar-refractivity contribution in [1.29, 1.82) is 0 Å². The van der Waals surface area contributed by atoms with Crippen molar-refractivity contribution in [3.05, 3.63) is 88.0 Å². The molecule has 0 amide bonds. The van der Waals surface area contributed by atoms with E-state index >= 15 is 0 Å². The molecule has 3 rings (SSSR count).